The van der Waals surface area contributed by atoms with Crippen molar-refractivity contribution in [1.82, 2.24) is 4.98 Å². The van der Waals surface area contributed by atoms with Crippen LogP contribution in [0.2, 0.25) is 0 Å². The summed E-state index contributed by atoms with van der Waals surface area (Å²) in [5, 5.41) is 2.15. The largest absolute Gasteiger partial charge is 0.493 e. The van der Waals surface area contributed by atoms with Crippen LogP contribution in [0.25, 0.3) is 10.8 Å². The van der Waals surface area contributed by atoms with Crippen LogP contribution in [0.3, 0.4) is 0 Å². The van der Waals surface area contributed by atoms with Crippen LogP contribution in [0.1, 0.15) is 24.5 Å². The molecule has 0 saturated carbocycles. The van der Waals surface area contributed by atoms with Gasteiger partial charge in [0.2, 0.25) is 0 Å². The summed E-state index contributed by atoms with van der Waals surface area (Å²) < 4.78 is 11.2. The average Bonchev–Trinajstić information content (AvgIpc) is 2.66. The third-order valence-electron chi connectivity index (χ3n) is 4.02. The van der Waals surface area contributed by atoms with Gasteiger partial charge < -0.3 is 9.47 Å². The van der Waals surface area contributed by atoms with E-state index in [1.807, 2.05) is 55.5 Å². The predicted molar refractivity (Wildman–Crippen MR) is 97.5 cm³/mol. The molecule has 25 heavy (non-hydrogen) atoms. The first-order valence-corrected chi connectivity index (χ1v) is 8.46. The van der Waals surface area contributed by atoms with E-state index in [-0.39, 0.29) is 12.6 Å². The smallest absolute Gasteiger partial charge is 0.306 e. The van der Waals surface area contributed by atoms with Crippen LogP contribution >= 0.6 is 0 Å². The average molecular weight is 335 g/mol. The number of nitrogens with zero attached hydrogens (tertiary/aromatic N) is 1. The van der Waals surface area contributed by atoms with Gasteiger partial charge in [-0.05, 0) is 41.8 Å². The van der Waals surface area contributed by atoms with Crippen LogP contribution < -0.4 is 4.74 Å². The van der Waals surface area contributed by atoms with Crippen LogP contribution in [0.5, 0.6) is 5.75 Å². The lowest BCUT2D eigenvalue weighted by Gasteiger charge is -2.14. The number of aromatic nitrogens is 1. The number of rotatable bonds is 7. The lowest BCUT2D eigenvalue weighted by atomic mass is 10.0. The molecule has 2 aromatic carbocycles. The highest BCUT2D eigenvalue weighted by atomic mass is 16.5. The zero-order valence-electron chi connectivity index (χ0n) is 14.3. The van der Waals surface area contributed by atoms with Crippen molar-refractivity contribution in [2.24, 2.45) is 0 Å². The predicted octanol–water partition coefficient (Wildman–Crippen LogP) is 4.31. The standard InChI is InChI=1S/C21H21NO3/c1-2-24-20-11-10-17-7-3-4-8-18(17)19(20)15-25-21(23)12-9-16-6-5-13-22-14-16/h3-8,10-11,13-14H,2,9,12,15H2,1H3. The minimum Gasteiger partial charge on any atom is -0.493 e. The van der Waals surface area contributed by atoms with Gasteiger partial charge in [0.15, 0.2) is 0 Å². The number of fused-ring (bicyclic) bond motifs is 1. The Morgan fingerprint density at radius 2 is 1.96 bits per heavy atom. The van der Waals surface area contributed by atoms with Crippen molar-refractivity contribution in [3.8, 4) is 5.75 Å². The Kier molecular flexibility index (Phi) is 5.62. The molecule has 0 radical (unpaired) electrons. The highest BCUT2D eigenvalue weighted by Crippen LogP contribution is 2.29. The molecule has 4 nitrogen and oxygen atoms in total. The van der Waals surface area contributed by atoms with Crippen molar-refractivity contribution in [2.75, 3.05) is 6.61 Å². The summed E-state index contributed by atoms with van der Waals surface area (Å²) >= 11 is 0. The Morgan fingerprint density at radius 1 is 1.08 bits per heavy atom. The number of benzene rings is 2. The van der Waals surface area contributed by atoms with Gasteiger partial charge >= 0.3 is 5.97 Å². The molecule has 0 saturated heterocycles. The summed E-state index contributed by atoms with van der Waals surface area (Å²) in [5.41, 5.74) is 1.94. The quantitative estimate of drug-likeness (QED) is 0.604. The lowest BCUT2D eigenvalue weighted by molar-refractivity contribution is -0.144. The van der Waals surface area contributed by atoms with Gasteiger partial charge in [0.1, 0.15) is 12.4 Å². The van der Waals surface area contributed by atoms with Crippen LogP contribution in [0.4, 0.5) is 0 Å². The van der Waals surface area contributed by atoms with Gasteiger partial charge in [-0.15, -0.1) is 0 Å². The number of aryl methyl sites for hydroxylation is 1. The van der Waals surface area contributed by atoms with E-state index in [4.69, 9.17) is 9.47 Å². The van der Waals surface area contributed by atoms with Gasteiger partial charge in [-0.25, -0.2) is 0 Å². The molecule has 0 bridgehead atoms. The highest BCUT2D eigenvalue weighted by molar-refractivity contribution is 5.87. The fourth-order valence-electron chi connectivity index (χ4n) is 2.77. The molecule has 128 valence electrons. The van der Waals surface area contributed by atoms with Gasteiger partial charge in [-0.2, -0.15) is 0 Å². The summed E-state index contributed by atoms with van der Waals surface area (Å²) in [5.74, 6) is 0.542. The summed E-state index contributed by atoms with van der Waals surface area (Å²) in [6.07, 6.45) is 4.45. The maximum absolute atomic E-state index is 12.1. The normalized spacial score (nSPS) is 10.6. The third kappa shape index (κ3) is 4.35. The Morgan fingerprint density at radius 3 is 2.76 bits per heavy atom. The van der Waals surface area contributed by atoms with Crippen LogP contribution in [0, 0.1) is 0 Å². The number of carbonyl (C=O) groups is 1. The maximum atomic E-state index is 12.1. The molecule has 0 spiro atoms. The molecule has 0 amide bonds. The van der Waals surface area contributed by atoms with Crippen molar-refractivity contribution < 1.29 is 14.3 Å². The van der Waals surface area contributed by atoms with E-state index in [1.54, 1.807) is 12.4 Å². The second-order valence-electron chi connectivity index (χ2n) is 5.72. The van der Waals surface area contributed by atoms with Crippen LogP contribution in [-0.2, 0) is 22.6 Å². The first kappa shape index (κ1) is 17.0. The number of esters is 1. The zero-order valence-corrected chi connectivity index (χ0v) is 14.3. The number of hydrogen-bond donors (Lipinski definition) is 0. The Bertz CT molecular complexity index is 846. The van der Waals surface area contributed by atoms with E-state index < -0.39 is 0 Å². The molecule has 3 rings (SSSR count). The molecule has 0 aliphatic rings. The number of hydrogen-bond acceptors (Lipinski definition) is 4. The minimum absolute atomic E-state index is 0.211. The molecule has 0 atom stereocenters. The molecule has 0 unspecified atom stereocenters. The van der Waals surface area contributed by atoms with E-state index in [1.165, 1.54) is 0 Å². The highest BCUT2D eigenvalue weighted by Gasteiger charge is 2.12. The monoisotopic (exact) mass is 335 g/mol. The summed E-state index contributed by atoms with van der Waals surface area (Å²) in [7, 11) is 0. The first-order chi connectivity index (χ1) is 12.3. The van der Waals surface area contributed by atoms with E-state index in [9.17, 15) is 4.79 Å². The molecule has 0 aliphatic heterocycles. The van der Waals surface area contributed by atoms with Gasteiger partial charge in [-0.1, -0.05) is 36.4 Å². The number of ether oxygens (including phenoxy) is 2. The van der Waals surface area contributed by atoms with Crippen molar-refractivity contribution in [3.63, 3.8) is 0 Å². The number of carbonyl (C=O) groups excluding carboxylic acids is 1. The Hall–Kier alpha value is -2.88. The van der Waals surface area contributed by atoms with Gasteiger partial charge in [0, 0.05) is 24.4 Å². The van der Waals surface area contributed by atoms with Gasteiger partial charge in [0.05, 0.1) is 6.61 Å². The maximum Gasteiger partial charge on any atom is 0.306 e. The molecular weight excluding hydrogens is 314 g/mol. The topological polar surface area (TPSA) is 48.4 Å². The van der Waals surface area contributed by atoms with E-state index in [0.29, 0.717) is 19.4 Å². The Balaban J connectivity index is 1.69. The van der Waals surface area contributed by atoms with Crippen molar-refractivity contribution in [3.05, 3.63) is 72.1 Å². The lowest BCUT2D eigenvalue weighted by Crippen LogP contribution is -2.07. The van der Waals surface area contributed by atoms with Gasteiger partial charge in [-0.3, -0.25) is 9.78 Å². The zero-order chi connectivity index (χ0) is 17.5. The summed E-state index contributed by atoms with van der Waals surface area (Å²) in [4.78, 5) is 16.2. The summed E-state index contributed by atoms with van der Waals surface area (Å²) in [6.45, 7) is 2.72. The summed E-state index contributed by atoms with van der Waals surface area (Å²) in [6, 6.07) is 15.8. The van der Waals surface area contributed by atoms with Crippen LogP contribution in [-0.4, -0.2) is 17.6 Å². The molecule has 3 aromatic rings. The first-order valence-electron chi connectivity index (χ1n) is 8.46. The Labute approximate surface area is 147 Å². The molecule has 1 heterocycles. The fraction of sp³-hybridized carbons (Fsp3) is 0.238. The van der Waals surface area contributed by atoms with E-state index >= 15 is 0 Å². The molecule has 4 heteroatoms. The molecular formula is C21H21NO3. The van der Waals surface area contributed by atoms with Gasteiger partial charge in [0.25, 0.3) is 0 Å². The minimum atomic E-state index is -0.223. The fourth-order valence-corrected chi connectivity index (χ4v) is 2.77. The van der Waals surface area contributed by atoms with E-state index in [2.05, 4.69) is 4.98 Å². The second kappa shape index (κ2) is 8.29. The molecule has 1 aromatic heterocycles. The molecule has 0 aliphatic carbocycles. The van der Waals surface area contributed by atoms with Crippen molar-refractivity contribution >= 4 is 16.7 Å². The number of pyridine rings is 1. The molecule has 0 N–H and O–H groups in total. The second-order valence-corrected chi connectivity index (χ2v) is 5.72. The molecule has 0 fully saturated rings. The van der Waals surface area contributed by atoms with Crippen molar-refractivity contribution in [2.45, 2.75) is 26.4 Å². The van der Waals surface area contributed by atoms with Crippen LogP contribution in [0.15, 0.2) is 60.9 Å². The van der Waals surface area contributed by atoms with E-state index in [0.717, 1.165) is 27.6 Å². The van der Waals surface area contributed by atoms with Crippen molar-refractivity contribution in [1.29, 1.82) is 0 Å². The third-order valence-corrected chi connectivity index (χ3v) is 4.02. The SMILES string of the molecule is CCOc1ccc2ccccc2c1COC(=O)CCc1cccnc1.